The molecule has 47 heavy (non-hydrogen) atoms. The van der Waals surface area contributed by atoms with Crippen LogP contribution in [-0.2, 0) is 19.1 Å². The Balaban J connectivity index is 4.36. The van der Waals surface area contributed by atoms with Crippen LogP contribution in [0.3, 0.4) is 0 Å². The van der Waals surface area contributed by atoms with Crippen LogP contribution in [0.4, 0.5) is 0 Å². The van der Waals surface area contributed by atoms with Gasteiger partial charge < -0.3 is 33.1 Å². The van der Waals surface area contributed by atoms with Gasteiger partial charge in [0.05, 0.1) is 53.6 Å². The molecule has 0 heterocycles. The van der Waals surface area contributed by atoms with Crippen LogP contribution >= 0.6 is 0 Å². The highest BCUT2D eigenvalue weighted by Gasteiger charge is 2.22. The van der Waals surface area contributed by atoms with Crippen molar-refractivity contribution < 1.29 is 28.0 Å². The molecular formula is C38H81N5O4+2. The fraction of sp³-hybridized carbons (Fsp3) is 0.947. The van der Waals surface area contributed by atoms with E-state index in [4.69, 9.17) is 9.47 Å². The van der Waals surface area contributed by atoms with E-state index in [1.165, 1.54) is 103 Å². The van der Waals surface area contributed by atoms with Crippen LogP contribution in [0.25, 0.3) is 0 Å². The van der Waals surface area contributed by atoms with Gasteiger partial charge in [-0.05, 0) is 119 Å². The van der Waals surface area contributed by atoms with E-state index in [-0.39, 0.29) is 24.8 Å². The molecule has 280 valence electrons. The zero-order valence-corrected chi connectivity index (χ0v) is 33.0. The van der Waals surface area contributed by atoms with Crippen LogP contribution in [0, 0.1) is 0 Å². The van der Waals surface area contributed by atoms with Crippen LogP contribution in [0.5, 0.6) is 0 Å². The van der Waals surface area contributed by atoms with Crippen molar-refractivity contribution in [1.29, 1.82) is 0 Å². The van der Waals surface area contributed by atoms with Gasteiger partial charge in [-0.2, -0.15) is 0 Å². The molecule has 0 aromatic carbocycles. The number of ether oxygens (including phenoxy) is 2. The van der Waals surface area contributed by atoms with Gasteiger partial charge in [0, 0.05) is 0 Å². The lowest BCUT2D eigenvalue weighted by Gasteiger charge is -2.34. The summed E-state index contributed by atoms with van der Waals surface area (Å²) in [5.74, 6) is -0.603. The molecule has 0 bridgehead atoms. The van der Waals surface area contributed by atoms with Gasteiger partial charge in [-0.15, -0.1) is 0 Å². The van der Waals surface area contributed by atoms with Gasteiger partial charge >= 0.3 is 11.9 Å². The first-order valence-electron chi connectivity index (χ1n) is 19.3. The minimum absolute atomic E-state index is 0.0889. The maximum atomic E-state index is 12.5. The Bertz CT molecular complexity index is 766. The lowest BCUT2D eigenvalue weighted by molar-refractivity contribution is -0.910. The van der Waals surface area contributed by atoms with Crippen molar-refractivity contribution >= 4 is 11.9 Å². The number of hydrogen-bond donors (Lipinski definition) is 0. The molecule has 0 N–H and O–H groups in total. The zero-order chi connectivity index (χ0) is 35.4. The Morgan fingerprint density at radius 3 is 1.32 bits per heavy atom. The molecule has 0 aromatic heterocycles. The number of likely N-dealkylation sites (N-methyl/N-ethyl adjacent to an activating group) is 2. The summed E-state index contributed by atoms with van der Waals surface area (Å²) in [5, 5.41) is 0. The van der Waals surface area contributed by atoms with Crippen LogP contribution in [0.2, 0.25) is 0 Å². The average Bonchev–Trinajstić information content (AvgIpc) is 3.02. The first kappa shape index (κ1) is 45.7. The van der Waals surface area contributed by atoms with E-state index < -0.39 is 0 Å². The maximum absolute atomic E-state index is 12.5. The third-order valence-corrected chi connectivity index (χ3v) is 9.81. The number of carbonyl (C=O) groups is 2. The van der Waals surface area contributed by atoms with Gasteiger partial charge in [0.25, 0.3) is 0 Å². The van der Waals surface area contributed by atoms with Gasteiger partial charge in [-0.3, -0.25) is 9.59 Å². The molecule has 0 aromatic rings. The van der Waals surface area contributed by atoms with E-state index in [1.54, 1.807) is 0 Å². The Morgan fingerprint density at radius 2 is 0.872 bits per heavy atom. The van der Waals surface area contributed by atoms with Crippen LogP contribution in [0.15, 0.2) is 0 Å². The van der Waals surface area contributed by atoms with Crippen LogP contribution in [-0.4, -0.2) is 164 Å². The molecule has 0 fully saturated rings. The number of esters is 2. The van der Waals surface area contributed by atoms with E-state index in [9.17, 15) is 9.59 Å². The number of carbonyl (C=O) groups excluding carboxylic acids is 2. The van der Waals surface area contributed by atoms with E-state index in [2.05, 4.69) is 77.9 Å². The number of rotatable bonds is 33. The van der Waals surface area contributed by atoms with E-state index >= 15 is 0 Å². The molecule has 0 saturated heterocycles. The topological polar surface area (TPSA) is 62.3 Å². The summed E-state index contributed by atoms with van der Waals surface area (Å²) in [6, 6.07) is 0. The smallest absolute Gasteiger partial charge is 0.306 e. The third kappa shape index (κ3) is 29.4. The van der Waals surface area contributed by atoms with Gasteiger partial charge in [-0.25, -0.2) is 0 Å². The first-order chi connectivity index (χ1) is 22.3. The lowest BCUT2D eigenvalue weighted by Crippen LogP contribution is -2.48. The van der Waals surface area contributed by atoms with Crippen molar-refractivity contribution in [2.45, 2.75) is 110 Å². The molecule has 9 heteroatoms. The molecule has 0 aliphatic rings. The highest BCUT2D eigenvalue weighted by atomic mass is 16.5. The number of unbranched alkanes of at least 4 members (excludes halogenated alkanes) is 10. The van der Waals surface area contributed by atoms with Crippen molar-refractivity contribution in [3.63, 3.8) is 0 Å². The molecule has 1 unspecified atom stereocenters. The molecule has 0 aliphatic carbocycles. The molecule has 0 aliphatic heterocycles. The van der Waals surface area contributed by atoms with Crippen molar-refractivity contribution in [3.05, 3.63) is 0 Å². The van der Waals surface area contributed by atoms with Crippen LogP contribution < -0.4 is 0 Å². The maximum Gasteiger partial charge on any atom is 0.306 e. The Hall–Kier alpha value is -1.26. The monoisotopic (exact) mass is 672 g/mol. The number of nitrogens with zero attached hydrogens (tertiary/aromatic N) is 5. The minimum atomic E-state index is -0.307. The second-order valence-electron chi connectivity index (χ2n) is 15.3. The van der Waals surface area contributed by atoms with Gasteiger partial charge in [0.2, 0.25) is 0 Å². The quantitative estimate of drug-likeness (QED) is 0.0489. The standard InChI is InChI=1S/C38H81N5O4/c1-10-40(5)28-20-14-17-22-30-42(7,8)33-35-46-37(44)25-26-38(45)47-36-34-43(9,31-23-16-12-13-19-27-39(3)4)32-24-18-15-21-29-41(6)11-2/h10-36H2,1-9H3/q+2. The molecule has 1 atom stereocenters. The molecule has 0 amide bonds. The SMILES string of the molecule is CCN(C)CCCCCC[N+](C)(C)CCOC(=O)CCC(=O)OCC[N+](C)(CCCCCCCN(C)C)CCCCCCN(C)CC. The molecule has 0 spiro atoms. The summed E-state index contributed by atoms with van der Waals surface area (Å²) in [4.78, 5) is 31.8. The van der Waals surface area contributed by atoms with Crippen molar-refractivity contribution in [2.24, 2.45) is 0 Å². The van der Waals surface area contributed by atoms with E-state index in [0.717, 1.165) is 54.8 Å². The highest BCUT2D eigenvalue weighted by molar-refractivity contribution is 5.77. The molecule has 0 radical (unpaired) electrons. The normalized spacial score (nSPS) is 13.4. The van der Waals surface area contributed by atoms with Crippen molar-refractivity contribution in [3.8, 4) is 0 Å². The fourth-order valence-electron chi connectivity index (χ4n) is 5.85. The predicted octanol–water partition coefficient (Wildman–Crippen LogP) is 5.91. The zero-order valence-electron chi connectivity index (χ0n) is 33.0. The molecule has 9 nitrogen and oxygen atoms in total. The Morgan fingerprint density at radius 1 is 0.489 bits per heavy atom. The lowest BCUT2D eigenvalue weighted by atomic mass is 10.1. The predicted molar refractivity (Wildman–Crippen MR) is 199 cm³/mol. The van der Waals surface area contributed by atoms with Crippen molar-refractivity contribution in [2.75, 3.05) is 128 Å². The summed E-state index contributed by atoms with van der Waals surface area (Å²) in [7, 11) is 15.4. The van der Waals surface area contributed by atoms with Crippen LogP contribution in [0.1, 0.15) is 110 Å². The fourth-order valence-corrected chi connectivity index (χ4v) is 5.85. The molecular weight excluding hydrogens is 590 g/mol. The second-order valence-corrected chi connectivity index (χ2v) is 15.3. The average molecular weight is 672 g/mol. The van der Waals surface area contributed by atoms with Gasteiger partial charge in [-0.1, -0.05) is 39.5 Å². The summed E-state index contributed by atoms with van der Waals surface area (Å²) in [6.07, 6.45) is 16.5. The molecule has 0 saturated carbocycles. The first-order valence-corrected chi connectivity index (χ1v) is 19.3. The minimum Gasteiger partial charge on any atom is -0.460 e. The Kier molecular flexibility index (Phi) is 27.8. The third-order valence-electron chi connectivity index (χ3n) is 9.81. The van der Waals surface area contributed by atoms with Gasteiger partial charge in [0.15, 0.2) is 0 Å². The highest BCUT2D eigenvalue weighted by Crippen LogP contribution is 2.13. The number of quaternary nitrogens is 2. The summed E-state index contributed by atoms with van der Waals surface area (Å²) < 4.78 is 12.9. The van der Waals surface area contributed by atoms with Gasteiger partial charge in [0.1, 0.15) is 26.3 Å². The Labute approximate surface area is 292 Å². The summed E-state index contributed by atoms with van der Waals surface area (Å²) in [5.41, 5.74) is 0. The second kappa shape index (κ2) is 28.6. The summed E-state index contributed by atoms with van der Waals surface area (Å²) in [6.45, 7) is 15.9. The number of hydrogen-bond acceptors (Lipinski definition) is 7. The van der Waals surface area contributed by atoms with E-state index in [0.29, 0.717) is 13.2 Å². The molecule has 0 rings (SSSR count). The largest absolute Gasteiger partial charge is 0.460 e. The summed E-state index contributed by atoms with van der Waals surface area (Å²) >= 11 is 0. The van der Waals surface area contributed by atoms with Crippen molar-refractivity contribution in [1.82, 2.24) is 14.7 Å². The van der Waals surface area contributed by atoms with E-state index in [1.807, 2.05) is 0 Å².